The molecule has 5 rings (SSSR count). The highest BCUT2D eigenvalue weighted by molar-refractivity contribution is 6.32. The molecule has 2 atom stereocenters. The van der Waals surface area contributed by atoms with Crippen LogP contribution < -0.4 is 9.47 Å². The Morgan fingerprint density at radius 2 is 1.88 bits per heavy atom. The number of halogens is 5. The third-order valence-corrected chi connectivity index (χ3v) is 8.28. The fourth-order valence-corrected chi connectivity index (χ4v) is 5.95. The lowest BCUT2D eigenvalue weighted by Gasteiger charge is -2.39. The molecule has 3 aliphatic rings. The van der Waals surface area contributed by atoms with Crippen molar-refractivity contribution in [2.24, 2.45) is 0 Å². The van der Waals surface area contributed by atoms with E-state index in [4.69, 9.17) is 32.7 Å². The number of piperidine rings is 1. The summed E-state index contributed by atoms with van der Waals surface area (Å²) in [5.74, 6) is -2.50. The first-order chi connectivity index (χ1) is 19.8. The third-order valence-electron chi connectivity index (χ3n) is 7.75. The number of phenolic OH excluding ortho intramolecular Hbond substituents is 1. The molecule has 9 nitrogen and oxygen atoms in total. The summed E-state index contributed by atoms with van der Waals surface area (Å²) in [6.07, 6.45) is -4.84. The van der Waals surface area contributed by atoms with E-state index >= 15 is 0 Å². The van der Waals surface area contributed by atoms with Crippen LogP contribution in [0.15, 0.2) is 30.3 Å². The quantitative estimate of drug-likeness (QED) is 0.437. The first-order valence-electron chi connectivity index (χ1n) is 13.4. The number of nitrogens with zero attached hydrogens (tertiary/aromatic N) is 2. The van der Waals surface area contributed by atoms with Gasteiger partial charge in [0.2, 0.25) is 0 Å². The molecule has 228 valence electrons. The molecule has 0 aliphatic carbocycles. The second-order valence-corrected chi connectivity index (χ2v) is 11.7. The van der Waals surface area contributed by atoms with Crippen LogP contribution in [0.3, 0.4) is 0 Å². The number of likely N-dealkylation sites (tertiary alicyclic amines) is 2. The molecule has 14 heteroatoms. The minimum absolute atomic E-state index is 0.0241. The zero-order chi connectivity index (χ0) is 30.2. The molecule has 3 aliphatic heterocycles. The lowest BCUT2D eigenvalue weighted by atomic mass is 9.87. The number of rotatable bonds is 7. The molecule has 2 aromatic rings. The highest BCUT2D eigenvalue weighted by Gasteiger charge is 2.44. The highest BCUT2D eigenvalue weighted by Crippen LogP contribution is 2.42. The Morgan fingerprint density at radius 1 is 1.14 bits per heavy atom. The number of amides is 1. The van der Waals surface area contributed by atoms with Gasteiger partial charge in [-0.1, -0.05) is 23.2 Å². The van der Waals surface area contributed by atoms with Gasteiger partial charge < -0.3 is 34.2 Å². The van der Waals surface area contributed by atoms with Crippen LogP contribution in [0, 0.1) is 0 Å². The monoisotopic (exact) mass is 632 g/mol. The number of hydrogen-bond donors (Lipinski definition) is 2. The van der Waals surface area contributed by atoms with E-state index in [0.29, 0.717) is 24.7 Å². The van der Waals surface area contributed by atoms with Crippen molar-refractivity contribution < 1.29 is 47.2 Å². The lowest BCUT2D eigenvalue weighted by molar-refractivity contribution is -0.204. The maximum atomic E-state index is 13.2. The zero-order valence-corrected chi connectivity index (χ0v) is 23.8. The number of fused-ring (bicyclic) bond motifs is 1. The summed E-state index contributed by atoms with van der Waals surface area (Å²) in [4.78, 5) is 27.7. The minimum Gasteiger partial charge on any atom is -0.506 e. The van der Waals surface area contributed by atoms with Crippen LogP contribution in [0.2, 0.25) is 10.0 Å². The third kappa shape index (κ3) is 6.82. The van der Waals surface area contributed by atoms with Gasteiger partial charge in [-0.05, 0) is 29.8 Å². The van der Waals surface area contributed by atoms with Crippen molar-refractivity contribution in [3.8, 4) is 17.2 Å². The summed E-state index contributed by atoms with van der Waals surface area (Å²) < 4.78 is 54.1. The molecule has 1 amide bonds. The zero-order valence-electron chi connectivity index (χ0n) is 22.3. The number of aliphatic hydroxyl groups excluding tert-OH is 1. The Morgan fingerprint density at radius 3 is 2.60 bits per heavy atom. The number of aromatic hydroxyl groups is 1. The van der Waals surface area contributed by atoms with E-state index in [1.165, 1.54) is 11.0 Å². The predicted molar refractivity (Wildman–Crippen MR) is 145 cm³/mol. The number of carbonyl (C=O) groups excluding carboxylic acids is 2. The second kappa shape index (κ2) is 12.0. The Kier molecular flexibility index (Phi) is 8.71. The standard InChI is InChI=1S/C28H29Cl2F3N2O7/c29-17-1-2-23-16(9-17)12-27(42-23)4-7-34(8-5-27)13-18(36)15-40-24-11-22(37)21(30)10-20(24)25(38)35-6-3-19(14-35)41-26(39)28(31,32)33/h1-2,9-11,18-19,36-37H,3-8,12-15H2/t18-,19-/m0/s1. The van der Waals surface area contributed by atoms with Crippen LogP contribution in [0.4, 0.5) is 13.2 Å². The largest absolute Gasteiger partial charge is 0.506 e. The van der Waals surface area contributed by atoms with Crippen molar-refractivity contribution in [1.82, 2.24) is 9.80 Å². The highest BCUT2D eigenvalue weighted by atomic mass is 35.5. The van der Waals surface area contributed by atoms with Gasteiger partial charge >= 0.3 is 12.1 Å². The van der Waals surface area contributed by atoms with Gasteiger partial charge in [-0.3, -0.25) is 4.79 Å². The number of aliphatic hydroxyl groups is 1. The Hall–Kier alpha value is -2.93. The van der Waals surface area contributed by atoms with Crippen LogP contribution in [-0.2, 0) is 16.0 Å². The van der Waals surface area contributed by atoms with Gasteiger partial charge in [0, 0.05) is 63.0 Å². The van der Waals surface area contributed by atoms with E-state index in [2.05, 4.69) is 9.64 Å². The number of benzene rings is 2. The summed E-state index contributed by atoms with van der Waals surface area (Å²) in [5.41, 5.74) is 0.749. The second-order valence-electron chi connectivity index (χ2n) is 10.8. The maximum absolute atomic E-state index is 13.2. The number of esters is 1. The molecule has 2 fully saturated rings. The summed E-state index contributed by atoms with van der Waals surface area (Å²) in [7, 11) is 0. The van der Waals surface area contributed by atoms with Crippen molar-refractivity contribution in [2.45, 2.75) is 49.7 Å². The molecule has 0 saturated carbocycles. The topological polar surface area (TPSA) is 109 Å². The number of alkyl halides is 3. The van der Waals surface area contributed by atoms with Gasteiger partial charge in [0.25, 0.3) is 5.91 Å². The van der Waals surface area contributed by atoms with E-state index in [0.717, 1.165) is 36.6 Å². The van der Waals surface area contributed by atoms with Crippen molar-refractivity contribution in [2.75, 3.05) is 39.3 Å². The SMILES string of the molecule is O=C(c1cc(Cl)c(O)cc1OC[C@@H](O)CN1CCC2(CC1)Cc1cc(Cl)ccc1O2)N1CC[C@H](OC(=O)C(F)(F)F)C1. The molecule has 2 saturated heterocycles. The summed E-state index contributed by atoms with van der Waals surface area (Å²) in [5, 5.41) is 21.3. The molecule has 0 bridgehead atoms. The summed E-state index contributed by atoms with van der Waals surface area (Å²) in [6, 6.07) is 7.95. The molecular formula is C28H29Cl2F3N2O7. The number of phenols is 1. The average Bonchev–Trinajstić information content (AvgIpc) is 3.53. The van der Waals surface area contributed by atoms with Gasteiger partial charge in [0.1, 0.15) is 41.7 Å². The Balaban J connectivity index is 1.15. The van der Waals surface area contributed by atoms with Gasteiger partial charge in [-0.25, -0.2) is 4.79 Å². The van der Waals surface area contributed by atoms with E-state index in [-0.39, 0.29) is 53.8 Å². The van der Waals surface area contributed by atoms with E-state index in [1.807, 2.05) is 12.1 Å². The van der Waals surface area contributed by atoms with Crippen LogP contribution in [0.25, 0.3) is 0 Å². The molecule has 3 heterocycles. The molecule has 0 radical (unpaired) electrons. The van der Waals surface area contributed by atoms with Gasteiger partial charge in [0.05, 0.1) is 17.1 Å². The smallest absolute Gasteiger partial charge is 0.490 e. The molecule has 2 aromatic carbocycles. The molecular weight excluding hydrogens is 604 g/mol. The molecule has 42 heavy (non-hydrogen) atoms. The molecule has 1 spiro atoms. The van der Waals surface area contributed by atoms with Crippen LogP contribution >= 0.6 is 23.2 Å². The van der Waals surface area contributed by atoms with E-state index in [1.54, 1.807) is 6.07 Å². The average molecular weight is 633 g/mol. The number of ether oxygens (including phenoxy) is 3. The van der Waals surface area contributed by atoms with Crippen LogP contribution in [0.1, 0.15) is 35.2 Å². The van der Waals surface area contributed by atoms with Crippen LogP contribution in [-0.4, -0.2) is 95.2 Å². The Labute approximate surface area is 249 Å². The number of β-amino-alcohol motifs (C(OH)–C–C–N with tert-alkyl or cyclic N) is 1. The Bertz CT molecular complexity index is 1350. The fourth-order valence-electron chi connectivity index (χ4n) is 5.59. The molecule has 2 N–H and O–H groups in total. The molecule has 0 aromatic heterocycles. The summed E-state index contributed by atoms with van der Waals surface area (Å²) >= 11 is 12.1. The van der Waals surface area contributed by atoms with Gasteiger partial charge in [-0.15, -0.1) is 0 Å². The van der Waals surface area contributed by atoms with Crippen molar-refractivity contribution >= 4 is 35.1 Å². The van der Waals surface area contributed by atoms with Crippen molar-refractivity contribution in [3.63, 3.8) is 0 Å². The summed E-state index contributed by atoms with van der Waals surface area (Å²) in [6.45, 7) is 1.27. The first kappa shape index (κ1) is 30.5. The normalized spacial score (nSPS) is 20.7. The first-order valence-corrected chi connectivity index (χ1v) is 14.2. The van der Waals surface area contributed by atoms with Crippen molar-refractivity contribution in [3.05, 3.63) is 51.5 Å². The maximum Gasteiger partial charge on any atom is 0.490 e. The van der Waals surface area contributed by atoms with E-state index < -0.39 is 30.3 Å². The van der Waals surface area contributed by atoms with Gasteiger partial charge in [0.15, 0.2) is 0 Å². The van der Waals surface area contributed by atoms with E-state index in [9.17, 15) is 33.0 Å². The number of hydrogen-bond acceptors (Lipinski definition) is 8. The fraction of sp³-hybridized carbons (Fsp3) is 0.500. The predicted octanol–water partition coefficient (Wildman–Crippen LogP) is 4.23. The van der Waals surface area contributed by atoms with Crippen LogP contribution in [0.5, 0.6) is 17.2 Å². The lowest BCUT2D eigenvalue weighted by Crippen LogP contribution is -2.49. The van der Waals surface area contributed by atoms with Gasteiger partial charge in [-0.2, -0.15) is 13.2 Å². The number of carbonyl (C=O) groups is 2. The minimum atomic E-state index is -5.13. The van der Waals surface area contributed by atoms with Crippen molar-refractivity contribution in [1.29, 1.82) is 0 Å². The molecule has 0 unspecified atom stereocenters.